The summed E-state index contributed by atoms with van der Waals surface area (Å²) in [6.07, 6.45) is 6.71. The second kappa shape index (κ2) is 6.44. The average Bonchev–Trinajstić information content (AvgIpc) is 2.48. The summed E-state index contributed by atoms with van der Waals surface area (Å²) >= 11 is 0. The van der Waals surface area contributed by atoms with Crippen LogP contribution in [0.25, 0.3) is 0 Å². The summed E-state index contributed by atoms with van der Waals surface area (Å²) in [5.74, 6) is 2.63. The molecule has 0 aliphatic rings. The van der Waals surface area contributed by atoms with Gasteiger partial charge in [-0.25, -0.2) is 8.42 Å². The van der Waals surface area contributed by atoms with Crippen LogP contribution in [0, 0.1) is 47.0 Å². The van der Waals surface area contributed by atoms with Crippen molar-refractivity contribution in [3.63, 3.8) is 0 Å². The number of terminal acetylenes is 1. The minimum Gasteiger partial charge on any atom is -0.207 e. The van der Waals surface area contributed by atoms with E-state index in [0.717, 1.165) is 27.8 Å². The van der Waals surface area contributed by atoms with Crippen LogP contribution >= 0.6 is 0 Å². The van der Waals surface area contributed by atoms with E-state index < -0.39 is 15.6 Å². The predicted molar refractivity (Wildman–Crippen MR) is 92.6 cm³/mol. The molecule has 0 amide bonds. The van der Waals surface area contributed by atoms with E-state index in [9.17, 15) is 8.42 Å². The van der Waals surface area contributed by atoms with Gasteiger partial charge < -0.3 is 0 Å². The van der Waals surface area contributed by atoms with Gasteiger partial charge in [0.05, 0.1) is 10.4 Å². The molecule has 0 fully saturated rings. The van der Waals surface area contributed by atoms with Gasteiger partial charge in [0.15, 0.2) is 0 Å². The summed E-state index contributed by atoms with van der Waals surface area (Å²) < 4.78 is 28.7. The first-order chi connectivity index (χ1) is 10.1. The molecule has 0 atom stereocenters. The van der Waals surface area contributed by atoms with Crippen molar-refractivity contribution < 1.29 is 8.42 Å². The lowest BCUT2D eigenvalue weighted by Crippen LogP contribution is -2.46. The fourth-order valence-corrected chi connectivity index (χ4v) is 4.88. The zero-order valence-corrected chi connectivity index (χ0v) is 15.5. The molecule has 0 aliphatic carbocycles. The van der Waals surface area contributed by atoms with Crippen LogP contribution in [0.2, 0.25) is 0 Å². The van der Waals surface area contributed by atoms with E-state index >= 15 is 0 Å². The summed E-state index contributed by atoms with van der Waals surface area (Å²) in [6.45, 7) is 13.5. The highest BCUT2D eigenvalue weighted by molar-refractivity contribution is 7.89. The average molecular weight is 321 g/mol. The third kappa shape index (κ3) is 3.06. The minimum absolute atomic E-state index is 0.370. The van der Waals surface area contributed by atoms with Crippen LogP contribution in [0.5, 0.6) is 0 Å². The third-order valence-electron chi connectivity index (χ3n) is 5.01. The molecule has 0 unspecified atom stereocenters. The molecular formula is C18H27NO2S. The Labute approximate surface area is 135 Å². The van der Waals surface area contributed by atoms with Gasteiger partial charge in [0.2, 0.25) is 10.0 Å². The van der Waals surface area contributed by atoms with Crippen molar-refractivity contribution in [2.24, 2.45) is 0 Å². The van der Waals surface area contributed by atoms with Gasteiger partial charge in [0.1, 0.15) is 0 Å². The molecule has 0 saturated carbocycles. The maximum absolute atomic E-state index is 13.0. The molecule has 0 aliphatic heterocycles. The molecule has 0 spiro atoms. The number of sulfonamides is 1. The minimum atomic E-state index is -3.67. The molecule has 0 radical (unpaired) electrons. The zero-order chi connectivity index (χ0) is 17.3. The van der Waals surface area contributed by atoms with E-state index in [-0.39, 0.29) is 0 Å². The molecule has 1 N–H and O–H groups in total. The molecule has 3 nitrogen and oxygen atoms in total. The van der Waals surface area contributed by atoms with E-state index in [1.54, 1.807) is 0 Å². The lowest BCUT2D eigenvalue weighted by Gasteiger charge is -2.28. The van der Waals surface area contributed by atoms with Crippen LogP contribution in [0.1, 0.15) is 54.5 Å². The van der Waals surface area contributed by atoms with E-state index in [1.165, 1.54) is 0 Å². The lowest BCUT2D eigenvalue weighted by molar-refractivity contribution is 0.451. The Morgan fingerprint density at radius 1 is 0.909 bits per heavy atom. The van der Waals surface area contributed by atoms with Crippen LogP contribution in [-0.2, 0) is 10.0 Å². The first-order valence-electron chi connectivity index (χ1n) is 7.65. The first-order valence-corrected chi connectivity index (χ1v) is 9.13. The van der Waals surface area contributed by atoms with Gasteiger partial charge >= 0.3 is 0 Å². The van der Waals surface area contributed by atoms with Gasteiger partial charge in [-0.05, 0) is 75.3 Å². The fourth-order valence-electron chi connectivity index (χ4n) is 2.80. The molecule has 0 bridgehead atoms. The van der Waals surface area contributed by atoms with Crippen molar-refractivity contribution in [1.82, 2.24) is 4.72 Å². The number of hydrogen-bond donors (Lipinski definition) is 1. The third-order valence-corrected chi connectivity index (χ3v) is 6.82. The van der Waals surface area contributed by atoms with E-state index in [2.05, 4.69) is 10.6 Å². The van der Waals surface area contributed by atoms with Crippen molar-refractivity contribution in [3.8, 4) is 12.3 Å². The van der Waals surface area contributed by atoms with Crippen LogP contribution in [-0.4, -0.2) is 14.0 Å². The number of benzene rings is 1. The lowest BCUT2D eigenvalue weighted by atomic mass is 9.95. The van der Waals surface area contributed by atoms with Gasteiger partial charge in [0.25, 0.3) is 0 Å². The Morgan fingerprint density at radius 2 is 1.27 bits per heavy atom. The molecule has 1 rings (SSSR count). The van der Waals surface area contributed by atoms with Crippen molar-refractivity contribution in [3.05, 3.63) is 27.8 Å². The molecular weight excluding hydrogens is 294 g/mol. The Bertz CT molecular complexity index is 691. The van der Waals surface area contributed by atoms with E-state index in [0.29, 0.717) is 17.7 Å². The Morgan fingerprint density at radius 3 is 1.59 bits per heavy atom. The summed E-state index contributed by atoms with van der Waals surface area (Å²) in [4.78, 5) is 0.370. The highest BCUT2D eigenvalue weighted by Gasteiger charge is 2.32. The smallest absolute Gasteiger partial charge is 0.207 e. The normalized spacial score (nSPS) is 12.3. The van der Waals surface area contributed by atoms with Gasteiger partial charge in [0, 0.05) is 0 Å². The van der Waals surface area contributed by atoms with E-state index in [1.807, 2.05) is 48.5 Å². The molecule has 122 valence electrons. The maximum Gasteiger partial charge on any atom is 0.242 e. The first kappa shape index (κ1) is 18.7. The molecule has 0 aromatic heterocycles. The maximum atomic E-state index is 13.0. The summed E-state index contributed by atoms with van der Waals surface area (Å²) in [6, 6.07) is 0. The highest BCUT2D eigenvalue weighted by atomic mass is 32.2. The summed E-state index contributed by atoms with van der Waals surface area (Å²) in [5, 5.41) is 0. The van der Waals surface area contributed by atoms with Crippen LogP contribution in [0.4, 0.5) is 0 Å². The molecule has 0 saturated heterocycles. The van der Waals surface area contributed by atoms with Crippen LogP contribution < -0.4 is 4.72 Å². The monoisotopic (exact) mass is 321 g/mol. The zero-order valence-electron chi connectivity index (χ0n) is 14.7. The van der Waals surface area contributed by atoms with Gasteiger partial charge in [-0.1, -0.05) is 19.8 Å². The van der Waals surface area contributed by atoms with Crippen molar-refractivity contribution in [2.45, 2.75) is 71.7 Å². The SMILES string of the molecule is C#CC(CC)(CC)NS(=O)(=O)c1c(C)c(C)c(C)c(C)c1C. The van der Waals surface area contributed by atoms with Crippen LogP contribution in [0.3, 0.4) is 0 Å². The van der Waals surface area contributed by atoms with Gasteiger partial charge in [-0.2, -0.15) is 4.72 Å². The number of hydrogen-bond acceptors (Lipinski definition) is 2. The van der Waals surface area contributed by atoms with Crippen LogP contribution in [0.15, 0.2) is 4.90 Å². The Hall–Kier alpha value is -1.31. The molecule has 4 heteroatoms. The number of nitrogens with one attached hydrogen (secondary N) is 1. The summed E-state index contributed by atoms with van der Waals surface area (Å²) in [5.41, 5.74) is 3.94. The summed E-state index contributed by atoms with van der Waals surface area (Å²) in [7, 11) is -3.67. The predicted octanol–water partition coefficient (Wildman–Crippen LogP) is 3.70. The van der Waals surface area contributed by atoms with Crippen molar-refractivity contribution in [2.75, 3.05) is 0 Å². The largest absolute Gasteiger partial charge is 0.242 e. The van der Waals surface area contributed by atoms with E-state index in [4.69, 9.17) is 6.42 Å². The molecule has 0 heterocycles. The quantitative estimate of drug-likeness (QED) is 0.841. The van der Waals surface area contributed by atoms with Crippen molar-refractivity contribution >= 4 is 10.0 Å². The standard InChI is InChI=1S/C18H27NO2S/c1-9-18(10-2,11-3)19-22(20,21)17-15(7)13(5)12(4)14(6)16(17)8/h1,19H,10-11H2,2-8H3. The molecule has 1 aromatic rings. The molecule has 22 heavy (non-hydrogen) atoms. The van der Waals surface area contributed by atoms with Crippen molar-refractivity contribution in [1.29, 1.82) is 0 Å². The number of rotatable bonds is 5. The second-order valence-corrected chi connectivity index (χ2v) is 7.61. The second-order valence-electron chi connectivity index (χ2n) is 5.99. The van der Waals surface area contributed by atoms with Gasteiger partial charge in [-0.15, -0.1) is 6.42 Å². The fraction of sp³-hybridized carbons (Fsp3) is 0.556. The Balaban J connectivity index is 3.59. The molecule has 1 aromatic carbocycles. The van der Waals surface area contributed by atoms with Gasteiger partial charge in [-0.3, -0.25) is 0 Å². The highest BCUT2D eigenvalue weighted by Crippen LogP contribution is 2.30. The topological polar surface area (TPSA) is 46.2 Å². The Kier molecular flexibility index (Phi) is 5.48.